The van der Waals surface area contributed by atoms with Crippen LogP contribution in [-0.4, -0.2) is 50.1 Å². The Morgan fingerprint density at radius 1 is 1.65 bits per heavy atom. The lowest BCUT2D eigenvalue weighted by Crippen LogP contribution is -2.43. The molecule has 0 aliphatic heterocycles. The Bertz CT molecular complexity index is 411. The molecule has 0 radical (unpaired) electrons. The van der Waals surface area contributed by atoms with Crippen molar-refractivity contribution in [2.45, 2.75) is 31.3 Å². The van der Waals surface area contributed by atoms with E-state index < -0.39 is 18.1 Å². The lowest BCUT2D eigenvalue weighted by Gasteiger charge is -2.19. The summed E-state index contributed by atoms with van der Waals surface area (Å²) in [7, 11) is 0. The highest BCUT2D eigenvalue weighted by atomic mass is 16.3. The normalized spacial score (nSPS) is 18.8. The molecular formula is C10H16N4O3. The second-order valence-corrected chi connectivity index (χ2v) is 4.66. The van der Waals surface area contributed by atoms with Gasteiger partial charge in [0, 0.05) is 12.5 Å². The Morgan fingerprint density at radius 2 is 2.35 bits per heavy atom. The molecule has 1 aromatic rings. The zero-order chi connectivity index (χ0) is 12.5. The average molecular weight is 240 g/mol. The summed E-state index contributed by atoms with van der Waals surface area (Å²) in [5.41, 5.74) is -1.33. The number of hydrogen-bond acceptors (Lipinski definition) is 5. The molecule has 1 aromatic heterocycles. The van der Waals surface area contributed by atoms with E-state index in [1.165, 1.54) is 6.92 Å². The molecule has 0 saturated heterocycles. The number of aliphatic hydroxyl groups excluding tert-OH is 1. The van der Waals surface area contributed by atoms with E-state index in [-0.39, 0.29) is 12.4 Å². The molecule has 17 heavy (non-hydrogen) atoms. The number of aromatic nitrogens is 3. The van der Waals surface area contributed by atoms with Gasteiger partial charge in [-0.05, 0) is 19.8 Å². The maximum Gasteiger partial charge on any atom is 0.291 e. The summed E-state index contributed by atoms with van der Waals surface area (Å²) in [5.74, 6) is 0.760. The predicted molar refractivity (Wildman–Crippen MR) is 58.4 cm³/mol. The predicted octanol–water partition coefficient (Wildman–Crippen LogP) is -0.845. The summed E-state index contributed by atoms with van der Waals surface area (Å²) in [6.45, 7) is 0.963. The molecule has 2 rings (SSSR count). The van der Waals surface area contributed by atoms with Crippen LogP contribution in [0.25, 0.3) is 0 Å². The second kappa shape index (κ2) is 4.42. The van der Waals surface area contributed by atoms with Crippen molar-refractivity contribution >= 4 is 5.91 Å². The fourth-order valence-corrected chi connectivity index (χ4v) is 1.32. The van der Waals surface area contributed by atoms with Crippen molar-refractivity contribution in [2.75, 3.05) is 13.2 Å². The summed E-state index contributed by atoms with van der Waals surface area (Å²) in [6.07, 6.45) is 2.16. The van der Waals surface area contributed by atoms with E-state index in [1.807, 2.05) is 0 Å². The van der Waals surface area contributed by atoms with Crippen LogP contribution < -0.4 is 5.32 Å². The summed E-state index contributed by atoms with van der Waals surface area (Å²) in [4.78, 5) is 15.7. The summed E-state index contributed by atoms with van der Waals surface area (Å²) < 4.78 is 0. The summed E-state index contributed by atoms with van der Waals surface area (Å²) in [5, 5.41) is 27.3. The third kappa shape index (κ3) is 3.01. The smallest absolute Gasteiger partial charge is 0.291 e. The van der Waals surface area contributed by atoms with E-state index in [0.717, 1.165) is 18.7 Å². The molecule has 4 N–H and O–H groups in total. The van der Waals surface area contributed by atoms with Crippen LogP contribution in [0.3, 0.4) is 0 Å². The van der Waals surface area contributed by atoms with Crippen molar-refractivity contribution in [1.29, 1.82) is 0 Å². The van der Waals surface area contributed by atoms with Gasteiger partial charge in [0.1, 0.15) is 11.4 Å². The van der Waals surface area contributed by atoms with Crippen LogP contribution in [0.5, 0.6) is 0 Å². The molecule has 1 atom stereocenters. The Morgan fingerprint density at radius 3 is 2.94 bits per heavy atom. The molecular weight excluding hydrogens is 224 g/mol. The monoisotopic (exact) mass is 240 g/mol. The fourth-order valence-electron chi connectivity index (χ4n) is 1.32. The van der Waals surface area contributed by atoms with Crippen LogP contribution in [0.4, 0.5) is 0 Å². The number of carbonyl (C=O) groups excluding carboxylic acids is 1. The summed E-state index contributed by atoms with van der Waals surface area (Å²) >= 11 is 0. The molecule has 1 unspecified atom stereocenters. The number of H-pyrrole nitrogens is 1. The van der Waals surface area contributed by atoms with Crippen LogP contribution in [0.1, 0.15) is 42.1 Å². The first-order valence-electron chi connectivity index (χ1n) is 5.55. The minimum Gasteiger partial charge on any atom is -0.393 e. The van der Waals surface area contributed by atoms with Crippen LogP contribution in [0, 0.1) is 0 Å². The lowest BCUT2D eigenvalue weighted by atomic mass is 10.1. The first-order chi connectivity index (χ1) is 8.02. The van der Waals surface area contributed by atoms with E-state index in [9.17, 15) is 9.90 Å². The van der Waals surface area contributed by atoms with Crippen LogP contribution in [0.15, 0.2) is 0 Å². The topological polar surface area (TPSA) is 111 Å². The Kier molecular flexibility index (Phi) is 3.12. The Hall–Kier alpha value is -1.47. The van der Waals surface area contributed by atoms with Crippen LogP contribution in [0.2, 0.25) is 0 Å². The number of aliphatic hydroxyl groups is 2. The van der Waals surface area contributed by atoms with Crippen LogP contribution >= 0.6 is 0 Å². The van der Waals surface area contributed by atoms with Crippen molar-refractivity contribution in [3.05, 3.63) is 11.6 Å². The third-order valence-electron chi connectivity index (χ3n) is 2.64. The zero-order valence-electron chi connectivity index (χ0n) is 9.60. The molecule has 94 valence electrons. The highest BCUT2D eigenvalue weighted by molar-refractivity contribution is 5.90. The van der Waals surface area contributed by atoms with Gasteiger partial charge < -0.3 is 15.5 Å². The quantitative estimate of drug-likeness (QED) is 0.536. The maximum absolute atomic E-state index is 11.6. The number of amides is 1. The van der Waals surface area contributed by atoms with E-state index in [1.54, 1.807) is 0 Å². The highest BCUT2D eigenvalue weighted by Crippen LogP contribution is 2.37. The molecule has 0 spiro atoms. The van der Waals surface area contributed by atoms with Crippen LogP contribution in [-0.2, 0) is 0 Å². The molecule has 7 nitrogen and oxygen atoms in total. The minimum atomic E-state index is -1.33. The standard InChI is InChI=1S/C10H16N4O3/c1-10(17,5-15)4-11-9(16)8-12-7(13-14-8)6-2-3-6/h6,15,17H,2-5H2,1H3,(H,11,16)(H,12,13,14). The van der Waals surface area contributed by atoms with Gasteiger partial charge in [0.05, 0.1) is 6.61 Å². The largest absolute Gasteiger partial charge is 0.393 e. The molecule has 1 aliphatic carbocycles. The molecule has 0 bridgehead atoms. The Labute approximate surface area is 98.3 Å². The third-order valence-corrected chi connectivity index (χ3v) is 2.64. The highest BCUT2D eigenvalue weighted by Gasteiger charge is 2.28. The van der Waals surface area contributed by atoms with Crippen molar-refractivity contribution in [3.63, 3.8) is 0 Å². The van der Waals surface area contributed by atoms with Gasteiger partial charge in [-0.25, -0.2) is 4.98 Å². The van der Waals surface area contributed by atoms with Gasteiger partial charge in [0.25, 0.3) is 5.91 Å². The summed E-state index contributed by atoms with van der Waals surface area (Å²) in [6, 6.07) is 0. The molecule has 1 aliphatic rings. The first kappa shape index (κ1) is 12.0. The molecule has 0 aromatic carbocycles. The average Bonchev–Trinajstić information content (AvgIpc) is 3.04. The van der Waals surface area contributed by atoms with Gasteiger partial charge >= 0.3 is 0 Å². The molecule has 1 amide bonds. The van der Waals surface area contributed by atoms with E-state index in [2.05, 4.69) is 20.5 Å². The molecule has 7 heteroatoms. The number of nitrogens with one attached hydrogen (secondary N) is 2. The fraction of sp³-hybridized carbons (Fsp3) is 0.700. The van der Waals surface area contributed by atoms with Gasteiger partial charge in [-0.2, -0.15) is 0 Å². The van der Waals surface area contributed by atoms with E-state index >= 15 is 0 Å². The van der Waals surface area contributed by atoms with Crippen molar-refractivity contribution in [2.24, 2.45) is 0 Å². The van der Waals surface area contributed by atoms with Gasteiger partial charge in [-0.3, -0.25) is 9.89 Å². The van der Waals surface area contributed by atoms with Gasteiger partial charge in [0.2, 0.25) is 5.82 Å². The van der Waals surface area contributed by atoms with Crippen molar-refractivity contribution in [1.82, 2.24) is 20.5 Å². The molecule has 1 heterocycles. The van der Waals surface area contributed by atoms with E-state index in [4.69, 9.17) is 5.11 Å². The SMILES string of the molecule is CC(O)(CO)CNC(=O)c1n[nH]c(C2CC2)n1. The number of aromatic amines is 1. The van der Waals surface area contributed by atoms with E-state index in [0.29, 0.717) is 5.92 Å². The van der Waals surface area contributed by atoms with Gasteiger partial charge in [0.15, 0.2) is 0 Å². The molecule has 1 saturated carbocycles. The maximum atomic E-state index is 11.6. The number of hydrogen-bond donors (Lipinski definition) is 4. The zero-order valence-corrected chi connectivity index (χ0v) is 9.60. The molecule has 1 fully saturated rings. The lowest BCUT2D eigenvalue weighted by molar-refractivity contribution is 0.00312. The van der Waals surface area contributed by atoms with Crippen molar-refractivity contribution < 1.29 is 15.0 Å². The number of nitrogens with zero attached hydrogens (tertiary/aromatic N) is 2. The number of rotatable bonds is 5. The number of carbonyl (C=O) groups is 1. The van der Waals surface area contributed by atoms with Gasteiger partial charge in [-0.1, -0.05) is 0 Å². The first-order valence-corrected chi connectivity index (χ1v) is 5.55. The van der Waals surface area contributed by atoms with Crippen molar-refractivity contribution in [3.8, 4) is 0 Å². The second-order valence-electron chi connectivity index (χ2n) is 4.66. The van der Waals surface area contributed by atoms with Gasteiger partial charge in [-0.15, -0.1) is 5.10 Å². The minimum absolute atomic E-state index is 0.0460. The Balaban J connectivity index is 1.90.